The van der Waals surface area contributed by atoms with E-state index < -0.39 is 0 Å². The normalized spacial score (nSPS) is 10.4. The zero-order chi connectivity index (χ0) is 8.10. The smallest absolute Gasteiger partial charge is 0.0964 e. The highest BCUT2D eigenvalue weighted by molar-refractivity contribution is 4.90. The van der Waals surface area contributed by atoms with E-state index in [0.717, 1.165) is 18.8 Å². The summed E-state index contributed by atoms with van der Waals surface area (Å²) in [5, 5.41) is 10.8. The molecule has 1 aromatic heterocycles. The zero-order valence-electron chi connectivity index (χ0n) is 6.62. The molecule has 3 N–H and O–H groups in total. The Balaban J connectivity index is 2.51. The fourth-order valence-electron chi connectivity index (χ4n) is 0.842. The van der Waals surface area contributed by atoms with Gasteiger partial charge in [0, 0.05) is 19.3 Å². The van der Waals surface area contributed by atoms with Gasteiger partial charge in [0.1, 0.15) is 0 Å². The number of aromatic nitrogens is 3. The predicted octanol–water partition coefficient (Wildman–Crippen LogP) is -1.04. The lowest BCUT2D eigenvalue weighted by molar-refractivity contribution is 0.598. The number of hydrogen-bond donors (Lipinski definition) is 2. The van der Waals surface area contributed by atoms with Crippen LogP contribution < -0.4 is 11.1 Å². The number of hydrogen-bond acceptors (Lipinski definition) is 4. The van der Waals surface area contributed by atoms with Crippen LogP contribution in [-0.4, -0.2) is 28.6 Å². The van der Waals surface area contributed by atoms with Gasteiger partial charge in [-0.2, -0.15) is 0 Å². The molecule has 0 saturated heterocycles. The first-order valence-electron chi connectivity index (χ1n) is 3.60. The Morgan fingerprint density at radius 2 is 2.55 bits per heavy atom. The van der Waals surface area contributed by atoms with Crippen LogP contribution in [0.15, 0.2) is 6.20 Å². The van der Waals surface area contributed by atoms with Gasteiger partial charge < -0.3 is 11.1 Å². The molecule has 0 fully saturated rings. The van der Waals surface area contributed by atoms with Crippen LogP contribution in [0.25, 0.3) is 0 Å². The summed E-state index contributed by atoms with van der Waals surface area (Å²) in [7, 11) is 1.88. The van der Waals surface area contributed by atoms with Crippen molar-refractivity contribution >= 4 is 0 Å². The molecule has 0 amide bonds. The van der Waals surface area contributed by atoms with E-state index in [1.54, 1.807) is 4.68 Å². The molecule has 1 heterocycles. The van der Waals surface area contributed by atoms with Crippen molar-refractivity contribution in [1.82, 2.24) is 20.3 Å². The van der Waals surface area contributed by atoms with Crippen molar-refractivity contribution in [3.63, 3.8) is 0 Å². The number of nitrogens with zero attached hydrogens (tertiary/aromatic N) is 3. The molecule has 11 heavy (non-hydrogen) atoms. The third-order valence-corrected chi connectivity index (χ3v) is 1.30. The van der Waals surface area contributed by atoms with Crippen LogP contribution in [0.3, 0.4) is 0 Å². The highest BCUT2D eigenvalue weighted by atomic mass is 15.4. The Morgan fingerprint density at radius 3 is 3.18 bits per heavy atom. The van der Waals surface area contributed by atoms with E-state index in [9.17, 15) is 0 Å². The molecular weight excluding hydrogens is 142 g/mol. The van der Waals surface area contributed by atoms with Crippen molar-refractivity contribution in [1.29, 1.82) is 0 Å². The Kier molecular flexibility index (Phi) is 3.00. The summed E-state index contributed by atoms with van der Waals surface area (Å²) in [6.45, 7) is 2.09. The second kappa shape index (κ2) is 4.05. The van der Waals surface area contributed by atoms with E-state index in [0.29, 0.717) is 6.54 Å². The number of nitrogens with one attached hydrogen (secondary N) is 1. The lowest BCUT2D eigenvalue weighted by Crippen LogP contribution is -2.10. The van der Waals surface area contributed by atoms with Gasteiger partial charge >= 0.3 is 0 Å². The Morgan fingerprint density at radius 1 is 1.73 bits per heavy atom. The van der Waals surface area contributed by atoms with Crippen molar-refractivity contribution in [2.75, 3.05) is 13.6 Å². The number of nitrogens with two attached hydrogens (primary N) is 1. The fraction of sp³-hybridized carbons (Fsp3) is 0.667. The molecule has 0 aliphatic rings. The fourth-order valence-corrected chi connectivity index (χ4v) is 0.842. The molecule has 5 heteroatoms. The summed E-state index contributed by atoms with van der Waals surface area (Å²) in [6.07, 6.45) is 1.89. The average Bonchev–Trinajstić information content (AvgIpc) is 2.38. The second-order valence-electron chi connectivity index (χ2n) is 2.29. The van der Waals surface area contributed by atoms with Crippen LogP contribution in [0.5, 0.6) is 0 Å². The first-order chi connectivity index (χ1) is 5.36. The summed E-state index contributed by atoms with van der Waals surface area (Å²) < 4.78 is 1.74. The topological polar surface area (TPSA) is 68.8 Å². The molecule has 1 rings (SSSR count). The van der Waals surface area contributed by atoms with E-state index >= 15 is 0 Å². The van der Waals surface area contributed by atoms with E-state index in [-0.39, 0.29) is 0 Å². The maximum atomic E-state index is 5.34. The number of rotatable bonds is 4. The van der Waals surface area contributed by atoms with Crippen molar-refractivity contribution < 1.29 is 0 Å². The lowest BCUT2D eigenvalue weighted by atomic mass is 10.5. The van der Waals surface area contributed by atoms with Gasteiger partial charge in [-0.05, 0) is 7.05 Å². The van der Waals surface area contributed by atoms with Gasteiger partial charge in [-0.3, -0.25) is 4.68 Å². The first-order valence-corrected chi connectivity index (χ1v) is 3.60. The molecule has 5 nitrogen and oxygen atoms in total. The maximum absolute atomic E-state index is 5.34. The third-order valence-electron chi connectivity index (χ3n) is 1.30. The van der Waals surface area contributed by atoms with Crippen molar-refractivity contribution in [2.24, 2.45) is 5.73 Å². The molecule has 0 unspecified atom stereocenters. The molecular formula is C6H13N5. The molecule has 0 spiro atoms. The SMILES string of the molecule is CNCc1cn(CCN)nn1. The van der Waals surface area contributed by atoms with E-state index in [1.807, 2.05) is 13.2 Å². The molecule has 0 radical (unpaired) electrons. The second-order valence-corrected chi connectivity index (χ2v) is 2.29. The largest absolute Gasteiger partial charge is 0.329 e. The molecule has 0 bridgehead atoms. The van der Waals surface area contributed by atoms with E-state index in [1.165, 1.54) is 0 Å². The van der Waals surface area contributed by atoms with Gasteiger partial charge in [0.25, 0.3) is 0 Å². The molecule has 0 aromatic carbocycles. The van der Waals surface area contributed by atoms with Crippen molar-refractivity contribution in [2.45, 2.75) is 13.1 Å². The van der Waals surface area contributed by atoms with Gasteiger partial charge in [0.2, 0.25) is 0 Å². The minimum Gasteiger partial charge on any atom is -0.329 e. The van der Waals surface area contributed by atoms with E-state index in [2.05, 4.69) is 15.6 Å². The van der Waals surface area contributed by atoms with Crippen LogP contribution in [-0.2, 0) is 13.1 Å². The highest BCUT2D eigenvalue weighted by Gasteiger charge is 1.96. The molecule has 1 aromatic rings. The minimum absolute atomic E-state index is 0.600. The van der Waals surface area contributed by atoms with Crippen molar-refractivity contribution in [3.05, 3.63) is 11.9 Å². The van der Waals surface area contributed by atoms with Gasteiger partial charge in [0.05, 0.1) is 12.2 Å². The average molecular weight is 155 g/mol. The van der Waals surface area contributed by atoms with Gasteiger partial charge in [-0.25, -0.2) is 0 Å². The summed E-state index contributed by atoms with van der Waals surface area (Å²) in [5.41, 5.74) is 6.28. The monoisotopic (exact) mass is 155 g/mol. The third kappa shape index (κ3) is 2.28. The van der Waals surface area contributed by atoms with Gasteiger partial charge in [-0.15, -0.1) is 5.10 Å². The van der Waals surface area contributed by atoms with Gasteiger partial charge in [-0.1, -0.05) is 5.21 Å². The van der Waals surface area contributed by atoms with Crippen LogP contribution in [0.1, 0.15) is 5.69 Å². The lowest BCUT2D eigenvalue weighted by Gasteiger charge is -1.92. The quantitative estimate of drug-likeness (QED) is 0.582. The predicted molar refractivity (Wildman–Crippen MR) is 41.8 cm³/mol. The van der Waals surface area contributed by atoms with Crippen LogP contribution in [0, 0.1) is 0 Å². The Bertz CT molecular complexity index is 186. The molecule has 0 saturated carbocycles. The van der Waals surface area contributed by atoms with E-state index in [4.69, 9.17) is 5.73 Å². The minimum atomic E-state index is 0.600. The highest BCUT2D eigenvalue weighted by Crippen LogP contribution is 1.90. The summed E-state index contributed by atoms with van der Waals surface area (Å²) in [6, 6.07) is 0. The Hall–Kier alpha value is -0.940. The van der Waals surface area contributed by atoms with Crippen molar-refractivity contribution in [3.8, 4) is 0 Å². The van der Waals surface area contributed by atoms with Crippen LogP contribution >= 0.6 is 0 Å². The molecule has 0 atom stereocenters. The molecule has 0 aliphatic heterocycles. The molecule has 0 aliphatic carbocycles. The summed E-state index contributed by atoms with van der Waals surface area (Å²) in [4.78, 5) is 0. The summed E-state index contributed by atoms with van der Waals surface area (Å²) in [5.74, 6) is 0. The van der Waals surface area contributed by atoms with Gasteiger partial charge in [0.15, 0.2) is 0 Å². The Labute approximate surface area is 65.6 Å². The molecule has 62 valence electrons. The first kappa shape index (κ1) is 8.16. The summed E-state index contributed by atoms with van der Waals surface area (Å²) >= 11 is 0. The maximum Gasteiger partial charge on any atom is 0.0964 e. The standard InChI is InChI=1S/C6H13N5/c1-8-4-6-5-11(3-2-7)10-9-6/h5,8H,2-4,7H2,1H3. The van der Waals surface area contributed by atoms with Crippen LogP contribution in [0.2, 0.25) is 0 Å². The zero-order valence-corrected chi connectivity index (χ0v) is 6.62. The van der Waals surface area contributed by atoms with Crippen LogP contribution in [0.4, 0.5) is 0 Å².